The number of carboxylic acids is 1. The Bertz CT molecular complexity index is 727. The van der Waals surface area contributed by atoms with Gasteiger partial charge in [0.05, 0.1) is 13.7 Å². The molecule has 1 aliphatic heterocycles. The van der Waals surface area contributed by atoms with Crippen molar-refractivity contribution in [3.05, 3.63) is 60.2 Å². The molecule has 1 aliphatic rings. The van der Waals surface area contributed by atoms with Gasteiger partial charge in [-0.25, -0.2) is 0 Å². The quantitative estimate of drug-likeness (QED) is 0.775. The van der Waals surface area contributed by atoms with Gasteiger partial charge in [-0.15, -0.1) is 0 Å². The van der Waals surface area contributed by atoms with Crippen molar-refractivity contribution in [3.63, 3.8) is 0 Å². The minimum atomic E-state index is -0.758. The molecule has 1 N–H and O–H groups in total. The van der Waals surface area contributed by atoms with Crippen molar-refractivity contribution in [2.75, 3.05) is 38.2 Å². The normalized spacial score (nSPS) is 15.1. The molecule has 5 heteroatoms. The van der Waals surface area contributed by atoms with E-state index >= 15 is 0 Å². The summed E-state index contributed by atoms with van der Waals surface area (Å²) in [5, 5.41) is 9.35. The van der Waals surface area contributed by atoms with Crippen molar-refractivity contribution in [3.8, 4) is 5.75 Å². The zero-order valence-electron chi connectivity index (χ0n) is 15.9. The van der Waals surface area contributed by atoms with Crippen molar-refractivity contribution < 1.29 is 14.6 Å². The first-order valence-corrected chi connectivity index (χ1v) is 9.54. The lowest BCUT2D eigenvalue weighted by molar-refractivity contribution is -0.139. The van der Waals surface area contributed by atoms with Crippen LogP contribution in [0.25, 0.3) is 0 Å². The van der Waals surface area contributed by atoms with Crippen LogP contribution in [0.1, 0.15) is 18.4 Å². The van der Waals surface area contributed by atoms with E-state index in [4.69, 9.17) is 4.74 Å². The summed E-state index contributed by atoms with van der Waals surface area (Å²) in [4.78, 5) is 15.9. The van der Waals surface area contributed by atoms with Crippen LogP contribution in [0.3, 0.4) is 0 Å². The van der Waals surface area contributed by atoms with Gasteiger partial charge in [0.15, 0.2) is 0 Å². The van der Waals surface area contributed by atoms with E-state index in [0.717, 1.165) is 44.6 Å². The van der Waals surface area contributed by atoms with Gasteiger partial charge in [-0.05, 0) is 49.1 Å². The fraction of sp³-hybridized carbons (Fsp3) is 0.409. The molecule has 0 saturated carbocycles. The molecule has 0 bridgehead atoms. The number of hydrogen-bond donors (Lipinski definition) is 1. The standard InChI is InChI=1S/C22H28N2O3/c1-27-21-9-5-6-18(16-21)10-13-24(17-22(25)26)20-11-14-23(15-12-20)19-7-3-2-4-8-19/h2-9,16,20H,10-15,17H2,1H3,(H,25,26). The topological polar surface area (TPSA) is 53.0 Å². The second-order valence-corrected chi connectivity index (χ2v) is 7.02. The molecule has 0 atom stereocenters. The lowest BCUT2D eigenvalue weighted by Gasteiger charge is -2.39. The van der Waals surface area contributed by atoms with E-state index in [2.05, 4.69) is 40.1 Å². The maximum Gasteiger partial charge on any atom is 0.317 e. The number of ether oxygens (including phenoxy) is 1. The molecule has 5 nitrogen and oxygen atoms in total. The summed E-state index contributed by atoms with van der Waals surface area (Å²) in [6.45, 7) is 2.77. The van der Waals surface area contributed by atoms with Crippen LogP contribution in [0, 0.1) is 0 Å². The molecule has 0 unspecified atom stereocenters. The highest BCUT2D eigenvalue weighted by molar-refractivity contribution is 5.69. The van der Waals surface area contributed by atoms with E-state index in [1.165, 1.54) is 11.3 Å². The number of methoxy groups -OCH3 is 1. The zero-order valence-corrected chi connectivity index (χ0v) is 15.9. The maximum atomic E-state index is 11.4. The molecule has 0 aromatic heterocycles. The number of aliphatic carboxylic acids is 1. The summed E-state index contributed by atoms with van der Waals surface area (Å²) < 4.78 is 5.28. The Balaban J connectivity index is 1.59. The molecule has 144 valence electrons. The van der Waals surface area contributed by atoms with Crippen LogP contribution in [0.15, 0.2) is 54.6 Å². The summed E-state index contributed by atoms with van der Waals surface area (Å²) >= 11 is 0. The van der Waals surface area contributed by atoms with Gasteiger partial charge in [0.1, 0.15) is 5.75 Å². The van der Waals surface area contributed by atoms with E-state index in [-0.39, 0.29) is 6.54 Å². The predicted molar refractivity (Wildman–Crippen MR) is 108 cm³/mol. The largest absolute Gasteiger partial charge is 0.497 e. The Morgan fingerprint density at radius 3 is 2.56 bits per heavy atom. The third-order valence-electron chi connectivity index (χ3n) is 5.26. The van der Waals surface area contributed by atoms with Crippen LogP contribution in [0.4, 0.5) is 5.69 Å². The van der Waals surface area contributed by atoms with Gasteiger partial charge in [-0.1, -0.05) is 30.3 Å². The fourth-order valence-corrected chi connectivity index (χ4v) is 3.79. The molecule has 0 aliphatic carbocycles. The highest BCUT2D eigenvalue weighted by Gasteiger charge is 2.26. The molecule has 0 amide bonds. The first-order valence-electron chi connectivity index (χ1n) is 9.54. The number of carbonyl (C=O) groups is 1. The molecule has 3 rings (SSSR count). The lowest BCUT2D eigenvalue weighted by Crippen LogP contribution is -2.47. The van der Waals surface area contributed by atoms with Gasteiger partial charge >= 0.3 is 5.97 Å². The second-order valence-electron chi connectivity index (χ2n) is 7.02. The summed E-state index contributed by atoms with van der Waals surface area (Å²) in [6.07, 6.45) is 2.80. The molecule has 2 aromatic rings. The highest BCUT2D eigenvalue weighted by atomic mass is 16.5. The molecular formula is C22H28N2O3. The molecule has 0 radical (unpaired) electrons. The lowest BCUT2D eigenvalue weighted by atomic mass is 10.0. The minimum absolute atomic E-state index is 0.0972. The Morgan fingerprint density at radius 2 is 1.89 bits per heavy atom. The smallest absolute Gasteiger partial charge is 0.317 e. The van der Waals surface area contributed by atoms with Gasteiger partial charge in [-0.2, -0.15) is 0 Å². The fourth-order valence-electron chi connectivity index (χ4n) is 3.79. The average molecular weight is 368 g/mol. The molecule has 1 heterocycles. The summed E-state index contributed by atoms with van der Waals surface area (Å²) in [5.41, 5.74) is 2.42. The number of hydrogen-bond acceptors (Lipinski definition) is 4. The van der Waals surface area contributed by atoms with Crippen molar-refractivity contribution in [2.24, 2.45) is 0 Å². The van der Waals surface area contributed by atoms with Gasteiger partial charge in [0.2, 0.25) is 0 Å². The Labute approximate surface area is 161 Å². The number of carboxylic acid groups (broad SMARTS) is 1. The van der Waals surface area contributed by atoms with E-state index < -0.39 is 5.97 Å². The summed E-state index contributed by atoms with van der Waals surface area (Å²) in [5.74, 6) is 0.0829. The number of rotatable bonds is 8. The molecule has 0 spiro atoms. The van der Waals surface area contributed by atoms with Crippen molar-refractivity contribution in [2.45, 2.75) is 25.3 Å². The number of piperidine rings is 1. The van der Waals surface area contributed by atoms with Crippen LogP contribution >= 0.6 is 0 Å². The number of anilines is 1. The molecule has 27 heavy (non-hydrogen) atoms. The number of para-hydroxylation sites is 1. The van der Waals surface area contributed by atoms with Crippen molar-refractivity contribution in [1.29, 1.82) is 0 Å². The first kappa shape index (κ1) is 19.2. The highest BCUT2D eigenvalue weighted by Crippen LogP contribution is 2.23. The maximum absolute atomic E-state index is 11.4. The summed E-state index contributed by atoms with van der Waals surface area (Å²) in [7, 11) is 1.66. The second kappa shape index (κ2) is 9.42. The van der Waals surface area contributed by atoms with Crippen LogP contribution in [0.5, 0.6) is 5.75 Å². The van der Waals surface area contributed by atoms with E-state index in [1.807, 2.05) is 24.3 Å². The van der Waals surface area contributed by atoms with Crippen LogP contribution in [0.2, 0.25) is 0 Å². The predicted octanol–water partition coefficient (Wildman–Crippen LogP) is 3.29. The van der Waals surface area contributed by atoms with Gasteiger partial charge in [-0.3, -0.25) is 9.69 Å². The van der Waals surface area contributed by atoms with Gasteiger partial charge in [0.25, 0.3) is 0 Å². The van der Waals surface area contributed by atoms with Crippen LogP contribution in [-0.2, 0) is 11.2 Å². The average Bonchev–Trinajstić information content (AvgIpc) is 2.72. The SMILES string of the molecule is COc1cccc(CCN(CC(=O)O)C2CCN(c3ccccc3)CC2)c1. The van der Waals surface area contributed by atoms with Crippen LogP contribution in [-0.4, -0.2) is 55.3 Å². The minimum Gasteiger partial charge on any atom is -0.497 e. The molecule has 2 aromatic carbocycles. The Hall–Kier alpha value is -2.53. The molecule has 1 fully saturated rings. The number of nitrogens with zero attached hydrogens (tertiary/aromatic N) is 2. The third kappa shape index (κ3) is 5.47. The molecule has 1 saturated heterocycles. The van der Waals surface area contributed by atoms with Crippen molar-refractivity contribution >= 4 is 11.7 Å². The third-order valence-corrected chi connectivity index (χ3v) is 5.26. The van der Waals surface area contributed by atoms with E-state index in [0.29, 0.717) is 6.04 Å². The van der Waals surface area contributed by atoms with E-state index in [9.17, 15) is 9.90 Å². The molecular weight excluding hydrogens is 340 g/mol. The van der Waals surface area contributed by atoms with Gasteiger partial charge < -0.3 is 14.7 Å². The zero-order chi connectivity index (χ0) is 19.1. The van der Waals surface area contributed by atoms with E-state index in [1.54, 1.807) is 7.11 Å². The Kier molecular flexibility index (Phi) is 6.71. The monoisotopic (exact) mass is 368 g/mol. The van der Waals surface area contributed by atoms with Gasteiger partial charge in [0, 0.05) is 31.4 Å². The Morgan fingerprint density at radius 1 is 1.15 bits per heavy atom. The first-order chi connectivity index (χ1) is 13.2. The van der Waals surface area contributed by atoms with Crippen LogP contribution < -0.4 is 9.64 Å². The number of benzene rings is 2. The van der Waals surface area contributed by atoms with Crippen molar-refractivity contribution in [1.82, 2.24) is 4.90 Å². The summed E-state index contributed by atoms with van der Waals surface area (Å²) in [6, 6.07) is 18.7.